The van der Waals surface area contributed by atoms with E-state index < -0.39 is 24.8 Å². The van der Waals surface area contributed by atoms with E-state index in [1.807, 2.05) is 32.2 Å². The van der Waals surface area contributed by atoms with Gasteiger partial charge in [-0.3, -0.25) is 22.7 Å². The van der Waals surface area contributed by atoms with Crippen molar-refractivity contribution in [3.8, 4) is 5.75 Å². The number of ether oxygens (including phenoxy) is 2. The smallest absolute Gasteiger partial charge is 0.339 e. The van der Waals surface area contributed by atoms with Crippen LogP contribution in [0.15, 0.2) is 48.6 Å². The summed E-state index contributed by atoms with van der Waals surface area (Å²) in [4.78, 5) is 16.7. The molecule has 2 heterocycles. The quantitative estimate of drug-likeness (QED) is 0.0568. The summed E-state index contributed by atoms with van der Waals surface area (Å²) in [5, 5.41) is 7.00. The van der Waals surface area contributed by atoms with Crippen molar-refractivity contribution in [2.75, 3.05) is 50.8 Å². The largest absolute Gasteiger partial charge is 0.465 e. The summed E-state index contributed by atoms with van der Waals surface area (Å²) in [5.74, 6) is 3.31. The number of esters is 1. The topological polar surface area (TPSA) is 139 Å². The Kier molecular flexibility index (Phi) is 30.4. The molecule has 1 aliphatic rings. The van der Waals surface area contributed by atoms with Crippen LogP contribution in [-0.4, -0.2) is 79.0 Å². The normalized spacial score (nSPS) is 19.9. The summed E-state index contributed by atoms with van der Waals surface area (Å²) >= 11 is 1.67. The third-order valence-electron chi connectivity index (χ3n) is 9.14. The molecule has 3 rings (SSSR count). The van der Waals surface area contributed by atoms with Crippen LogP contribution in [-0.2, 0) is 33.8 Å². The van der Waals surface area contributed by atoms with Gasteiger partial charge in [0.2, 0.25) is 0 Å². The second-order valence-electron chi connectivity index (χ2n) is 15.6. The van der Waals surface area contributed by atoms with Crippen molar-refractivity contribution >= 4 is 41.4 Å². The second-order valence-corrected chi connectivity index (χ2v) is 21.2. The number of allylic oxidation sites excluding steroid dienone is 4. The molecule has 2 aromatic rings. The molecule has 1 aliphatic heterocycles. The molecule has 3 N–H and O–H groups in total. The molecule has 10 nitrogen and oxygen atoms in total. The number of halogens is 1. The fraction of sp³-hybridized carbons (Fsp3) is 0.652. The molecule has 0 amide bonds. The van der Waals surface area contributed by atoms with Gasteiger partial charge in [-0.25, -0.2) is 9.89 Å². The van der Waals surface area contributed by atoms with Crippen molar-refractivity contribution in [3.05, 3.63) is 76.6 Å². The lowest BCUT2D eigenvalue weighted by atomic mass is 9.87. The van der Waals surface area contributed by atoms with E-state index in [4.69, 9.17) is 38.0 Å². The zero-order valence-electron chi connectivity index (χ0n) is 39.3. The van der Waals surface area contributed by atoms with Crippen molar-refractivity contribution in [2.24, 2.45) is 11.4 Å². The molecular weight excluding hydrogens is 823 g/mol. The van der Waals surface area contributed by atoms with Crippen molar-refractivity contribution in [1.82, 2.24) is 4.98 Å². The lowest BCUT2D eigenvalue weighted by Crippen LogP contribution is -2.34. The number of rotatable bonds is 20. The van der Waals surface area contributed by atoms with E-state index in [0.717, 1.165) is 77.4 Å². The number of nitrogens with zero attached hydrogens (tertiary/aromatic N) is 1. The second kappa shape index (κ2) is 31.6. The first-order valence-electron chi connectivity index (χ1n) is 21.2. The van der Waals surface area contributed by atoms with Crippen LogP contribution >= 0.6 is 29.9 Å². The Morgan fingerprint density at radius 1 is 1.10 bits per heavy atom. The highest BCUT2D eigenvalue weighted by Crippen LogP contribution is 2.54. The Labute approximate surface area is 369 Å². The van der Waals surface area contributed by atoms with E-state index >= 15 is 0 Å². The number of hydrogen-bond acceptors (Lipinski definition) is 10. The van der Waals surface area contributed by atoms with Crippen LogP contribution < -0.4 is 10.0 Å². The molecule has 14 heteroatoms. The van der Waals surface area contributed by atoms with Gasteiger partial charge in [0.05, 0.1) is 25.2 Å². The van der Waals surface area contributed by atoms with Crippen LogP contribution in [0.5, 0.6) is 5.75 Å². The zero-order valence-corrected chi connectivity index (χ0v) is 41.8. The fourth-order valence-corrected chi connectivity index (χ4v) is 9.68. The van der Waals surface area contributed by atoms with Crippen LogP contribution in [0.3, 0.4) is 0 Å². The molecule has 4 atom stereocenters. The van der Waals surface area contributed by atoms with Gasteiger partial charge in [0.15, 0.2) is 0 Å². The lowest BCUT2D eigenvalue weighted by molar-refractivity contribution is -0.145. The number of para-hydroxylation sites is 1. The molecule has 4 unspecified atom stereocenters. The van der Waals surface area contributed by atoms with Crippen LogP contribution in [0.25, 0.3) is 5.57 Å². The number of alkyl halides is 1. The minimum Gasteiger partial charge on any atom is -0.465 e. The first-order chi connectivity index (χ1) is 28.4. The molecule has 0 spiro atoms. The molecular formula is C46H80FN2O8PS2. The summed E-state index contributed by atoms with van der Waals surface area (Å²) in [6.45, 7) is 23.3. The van der Waals surface area contributed by atoms with E-state index in [1.54, 1.807) is 42.1 Å². The Hall–Kier alpha value is -2.22. The highest BCUT2D eigenvalue weighted by Gasteiger charge is 2.33. The summed E-state index contributed by atoms with van der Waals surface area (Å²) in [7, 11) is -3.99. The predicted octanol–water partition coefficient (Wildman–Crippen LogP) is 12.5. The summed E-state index contributed by atoms with van der Waals surface area (Å²) in [5.41, 5.74) is 11.6. The van der Waals surface area contributed by atoms with Crippen molar-refractivity contribution in [3.63, 3.8) is 0 Å². The molecule has 0 bridgehead atoms. The number of aromatic nitrogens is 1. The van der Waals surface area contributed by atoms with Crippen LogP contribution in [0.1, 0.15) is 141 Å². The number of carbonyl (C=O) groups excluding carboxylic acids is 1. The Morgan fingerprint density at radius 3 is 2.23 bits per heavy atom. The zero-order chi connectivity index (χ0) is 45.9. The molecule has 1 fully saturated rings. The minimum atomic E-state index is -3.51. The van der Waals surface area contributed by atoms with Gasteiger partial charge in [0.25, 0.3) is 0 Å². The molecule has 1 saturated heterocycles. The number of pyridine rings is 1. The molecule has 1 aromatic heterocycles. The first-order valence-corrected chi connectivity index (χ1v) is 26.5. The van der Waals surface area contributed by atoms with Gasteiger partial charge in [0.1, 0.15) is 25.4 Å². The van der Waals surface area contributed by atoms with E-state index in [0.29, 0.717) is 18.8 Å². The van der Waals surface area contributed by atoms with Crippen LogP contribution in [0.4, 0.5) is 4.39 Å². The monoisotopic (exact) mass is 903 g/mol. The molecule has 1 aromatic carbocycles. The molecule has 0 aliphatic carbocycles. The number of benzene rings is 1. The molecule has 60 heavy (non-hydrogen) atoms. The predicted molar refractivity (Wildman–Crippen MR) is 255 cm³/mol. The highest BCUT2D eigenvalue weighted by atomic mass is 32.3. The average Bonchev–Trinajstić information content (AvgIpc) is 3.19. The van der Waals surface area contributed by atoms with E-state index in [-0.39, 0.29) is 43.0 Å². The molecule has 0 saturated carbocycles. The first kappa shape index (κ1) is 57.8. The summed E-state index contributed by atoms with van der Waals surface area (Å²) in [6, 6.07) is 8.80. The van der Waals surface area contributed by atoms with Gasteiger partial charge in [-0.05, 0) is 80.0 Å². The van der Waals surface area contributed by atoms with Crippen molar-refractivity contribution in [2.45, 2.75) is 139 Å². The molecule has 346 valence electrons. The van der Waals surface area contributed by atoms with Gasteiger partial charge >= 0.3 is 13.5 Å². The fourth-order valence-electron chi connectivity index (χ4n) is 6.01. The standard InChI is InChI=1S/C26H36FN2O3P.C14H28O4S2.C5H12.CH4O/c1-7-21(12-11-15-27)24-20(6)25(18(2)3)29-26(19(4)5)23(24)16-31-17-33(28,30)32-22-13-9-8-10-14-22;1-5-6-9-20(4)17-12(2)10-13(18-20)11-14(15)16-7-8-19-3;1-4-5(2)3;1-2/h7-14,18-19H,15-17H2,1-6H3,(H2,28,30);12-13H,5-11H2,1-4H3;5H,4H2,1-3H3;2H,1H3/b12-11-,21-7+;;;. The van der Waals surface area contributed by atoms with Gasteiger partial charge in [-0.15, -0.1) is 0 Å². The maximum absolute atomic E-state index is 12.9. The van der Waals surface area contributed by atoms with Crippen molar-refractivity contribution in [1.29, 1.82) is 0 Å². The SMILES string of the molecule is C/C=C(\C=C/CF)c1c(C)c(C(C)C)nc(C(C)C)c1COCP(N)(=O)Oc1ccccc1.CCC(C)C.CCCCS1(C)OC(C)CC(CC(=O)OCCSC)O1.CO. The minimum absolute atomic E-state index is 0.0580. The number of unbranched alkanes of at least 4 members (excludes halogenated alkanes) is 1. The number of nitrogens with two attached hydrogens (primary N) is 1. The van der Waals surface area contributed by atoms with Gasteiger partial charge in [0, 0.05) is 48.2 Å². The maximum Gasteiger partial charge on any atom is 0.339 e. The van der Waals surface area contributed by atoms with Gasteiger partial charge < -0.3 is 19.1 Å². The Balaban J connectivity index is 0.00000109. The van der Waals surface area contributed by atoms with E-state index in [9.17, 15) is 13.8 Å². The van der Waals surface area contributed by atoms with Gasteiger partial charge in [-0.1, -0.05) is 105 Å². The average molecular weight is 903 g/mol. The number of aliphatic hydroxyl groups is 1. The van der Waals surface area contributed by atoms with Crippen molar-refractivity contribution < 1.29 is 41.2 Å². The summed E-state index contributed by atoms with van der Waals surface area (Å²) < 4.78 is 54.3. The number of hydrogen-bond donors (Lipinski definition) is 2. The van der Waals surface area contributed by atoms with Crippen LogP contribution in [0.2, 0.25) is 0 Å². The van der Waals surface area contributed by atoms with E-state index in [1.165, 1.54) is 12.5 Å². The number of aliphatic hydroxyl groups excluding tert-OH is 1. The maximum atomic E-state index is 12.9. The van der Waals surface area contributed by atoms with E-state index in [2.05, 4.69) is 68.6 Å². The highest BCUT2D eigenvalue weighted by molar-refractivity contribution is 8.25. The van der Waals surface area contributed by atoms with Gasteiger partial charge in [-0.2, -0.15) is 22.4 Å². The van der Waals surface area contributed by atoms with Crippen LogP contribution in [0, 0.1) is 12.8 Å². The molecule has 0 radical (unpaired) electrons. The third-order valence-corrected chi connectivity index (χ3v) is 13.2. The Morgan fingerprint density at radius 2 is 1.72 bits per heavy atom. The summed E-state index contributed by atoms with van der Waals surface area (Å²) in [6.07, 6.45) is 13.8. The Bertz CT molecular complexity index is 1600. The lowest BCUT2D eigenvalue weighted by Gasteiger charge is -2.48. The third kappa shape index (κ3) is 22.7. The number of thioether (sulfide) groups is 1. The number of carbonyl (C=O) groups is 1.